The van der Waals surface area contributed by atoms with Crippen LogP contribution >= 0.6 is 0 Å². The molecule has 2 aliphatic carbocycles. The van der Waals surface area contributed by atoms with Crippen molar-refractivity contribution in [1.82, 2.24) is 0 Å². The zero-order valence-corrected chi connectivity index (χ0v) is 44.7. The monoisotopic (exact) mass is 1040 g/mol. The molecule has 0 spiro atoms. The molecule has 3 aromatic heterocycles. The molecular weight excluding hydrogens is 989 g/mol. The lowest BCUT2D eigenvalue weighted by atomic mass is 9.84. The van der Waals surface area contributed by atoms with Crippen molar-refractivity contribution in [3.8, 4) is 22.3 Å². The molecule has 0 amide bonds. The molecule has 0 unspecified atom stereocenters. The van der Waals surface area contributed by atoms with Gasteiger partial charge in [0.05, 0.1) is 22.7 Å². The van der Waals surface area contributed by atoms with Crippen molar-refractivity contribution in [3.05, 3.63) is 253 Å². The number of hydrogen-bond donors (Lipinski definition) is 0. The summed E-state index contributed by atoms with van der Waals surface area (Å²) in [7, 11) is 0. The Morgan fingerprint density at radius 2 is 0.704 bits per heavy atom. The number of anilines is 6. The molecule has 0 saturated heterocycles. The number of para-hydroxylation sites is 4. The highest BCUT2D eigenvalue weighted by Crippen LogP contribution is 2.51. The summed E-state index contributed by atoms with van der Waals surface area (Å²) in [6.45, 7) is 0. The lowest BCUT2D eigenvalue weighted by Crippen LogP contribution is -2.14. The molecule has 17 rings (SSSR count). The minimum Gasteiger partial charge on any atom is -0.456 e. The number of benzene rings is 12. The highest BCUT2D eigenvalue weighted by atomic mass is 16.3. The molecule has 81 heavy (non-hydrogen) atoms. The summed E-state index contributed by atoms with van der Waals surface area (Å²) in [5, 5.41) is 11.1. The molecule has 2 aliphatic rings. The van der Waals surface area contributed by atoms with Gasteiger partial charge < -0.3 is 23.1 Å². The summed E-state index contributed by atoms with van der Waals surface area (Å²) in [6.07, 6.45) is 9.08. The Hall–Kier alpha value is -9.84. The van der Waals surface area contributed by atoms with E-state index in [-0.39, 0.29) is 0 Å². The lowest BCUT2D eigenvalue weighted by molar-refractivity contribution is 0.668. The van der Waals surface area contributed by atoms with Crippen LogP contribution in [-0.4, -0.2) is 0 Å². The minimum absolute atomic E-state index is 0.856. The van der Waals surface area contributed by atoms with Crippen molar-refractivity contribution in [1.29, 1.82) is 0 Å². The number of nitrogens with zero attached hydrogens (tertiary/aromatic N) is 2. The first-order valence-electron chi connectivity index (χ1n) is 28.8. The third-order valence-electron chi connectivity index (χ3n) is 17.7. The summed E-state index contributed by atoms with van der Waals surface area (Å²) in [5.74, 6) is 0. The normalized spacial score (nSPS) is 13.5. The number of aryl methyl sites for hydroxylation is 2. The first-order valence-corrected chi connectivity index (χ1v) is 28.8. The molecule has 0 bridgehead atoms. The van der Waals surface area contributed by atoms with Gasteiger partial charge in [-0.25, -0.2) is 0 Å². The van der Waals surface area contributed by atoms with Crippen LogP contribution in [0.25, 0.3) is 110 Å². The third kappa shape index (κ3) is 7.38. The molecular formula is C76H54N2O3. The summed E-state index contributed by atoms with van der Waals surface area (Å²) in [5.41, 5.74) is 22.4. The highest BCUT2D eigenvalue weighted by Gasteiger charge is 2.29. The third-order valence-corrected chi connectivity index (χ3v) is 17.7. The summed E-state index contributed by atoms with van der Waals surface area (Å²) in [4.78, 5) is 4.89. The number of rotatable bonds is 8. The molecule has 3 heterocycles. The van der Waals surface area contributed by atoms with E-state index in [1.54, 1.807) is 0 Å². The van der Waals surface area contributed by atoms with Crippen LogP contribution in [0.4, 0.5) is 34.1 Å². The van der Waals surface area contributed by atoms with E-state index in [1.807, 2.05) is 0 Å². The summed E-state index contributed by atoms with van der Waals surface area (Å²) >= 11 is 0. The fourth-order valence-electron chi connectivity index (χ4n) is 14.0. The first-order chi connectivity index (χ1) is 40.1. The predicted molar refractivity (Wildman–Crippen MR) is 337 cm³/mol. The maximum atomic E-state index is 7.01. The van der Waals surface area contributed by atoms with Crippen LogP contribution in [-0.2, 0) is 25.7 Å². The van der Waals surface area contributed by atoms with Crippen LogP contribution in [0.5, 0.6) is 0 Å². The van der Waals surface area contributed by atoms with Crippen LogP contribution in [0.3, 0.4) is 0 Å². The Bertz CT molecular complexity index is 4710. The quantitative estimate of drug-likeness (QED) is 0.152. The van der Waals surface area contributed by atoms with Crippen LogP contribution in [0, 0.1) is 0 Å². The highest BCUT2D eigenvalue weighted by molar-refractivity contribution is 6.16. The summed E-state index contributed by atoms with van der Waals surface area (Å²) in [6, 6.07) is 84.3. The standard InChI is InChI=1S/C76H54N2O3/c1-3-19-49(20-4-1)73-57-23-9-7-17-47(57)35-39-65(73)77(67-29-15-27-61-59-25-11-13-31-69(59)80-75(61)67)55-37-33-51-43-63-64-44-52-34-38-56(42-54(52)46-72(64)79-71(63)45-53(51)41-55)78(68-30-16-28-62-60-26-12-14-32-70(60)81-76(62)68)66-40-36-48-18-8-10-24-58(48)74(66)50-21-5-2-6-22-50/h1-6,11-16,19-22,25-46H,7-10,17-18,23-24H2. The van der Waals surface area contributed by atoms with E-state index in [0.717, 1.165) is 147 Å². The lowest BCUT2D eigenvalue weighted by Gasteiger charge is -2.31. The number of fused-ring (bicyclic) bond motifs is 13. The smallest absolute Gasteiger partial charge is 0.159 e. The maximum absolute atomic E-state index is 7.01. The summed E-state index contributed by atoms with van der Waals surface area (Å²) < 4.78 is 20.7. The average Bonchev–Trinajstić information content (AvgIpc) is 4.39. The second kappa shape index (κ2) is 18.4. The van der Waals surface area contributed by atoms with Gasteiger partial charge in [-0.15, -0.1) is 0 Å². The largest absolute Gasteiger partial charge is 0.456 e. The van der Waals surface area contributed by atoms with Gasteiger partial charge in [0.25, 0.3) is 0 Å². The topological polar surface area (TPSA) is 45.9 Å². The van der Waals surface area contributed by atoms with Crippen molar-refractivity contribution < 1.29 is 13.3 Å². The van der Waals surface area contributed by atoms with Gasteiger partial charge >= 0.3 is 0 Å². The molecule has 0 saturated carbocycles. The fraction of sp³-hybridized carbons (Fsp3) is 0.105. The van der Waals surface area contributed by atoms with E-state index in [2.05, 4.69) is 240 Å². The van der Waals surface area contributed by atoms with Gasteiger partial charge in [-0.3, -0.25) is 0 Å². The van der Waals surface area contributed by atoms with E-state index in [4.69, 9.17) is 13.3 Å². The van der Waals surface area contributed by atoms with Crippen LogP contribution < -0.4 is 9.80 Å². The van der Waals surface area contributed by atoms with Crippen molar-refractivity contribution in [2.75, 3.05) is 9.80 Å². The zero-order chi connectivity index (χ0) is 53.1. The van der Waals surface area contributed by atoms with E-state index >= 15 is 0 Å². The molecule has 5 heteroatoms. The Morgan fingerprint density at radius 1 is 0.272 bits per heavy atom. The van der Waals surface area contributed by atoms with Gasteiger partial charge in [0.2, 0.25) is 0 Å². The molecule has 15 aromatic rings. The Morgan fingerprint density at radius 3 is 1.19 bits per heavy atom. The van der Waals surface area contributed by atoms with Crippen molar-refractivity contribution >= 4 is 121 Å². The Balaban J connectivity index is 0.837. The van der Waals surface area contributed by atoms with Gasteiger partial charge in [-0.05, 0) is 191 Å². The Kier molecular flexibility index (Phi) is 10.5. The molecule has 5 nitrogen and oxygen atoms in total. The van der Waals surface area contributed by atoms with Crippen LogP contribution in [0.2, 0.25) is 0 Å². The Labute approximate surface area is 468 Å². The molecule has 386 valence electrons. The van der Waals surface area contributed by atoms with Crippen molar-refractivity contribution in [3.63, 3.8) is 0 Å². The molecule has 12 aromatic carbocycles. The van der Waals surface area contributed by atoms with E-state index in [9.17, 15) is 0 Å². The zero-order valence-electron chi connectivity index (χ0n) is 44.7. The van der Waals surface area contributed by atoms with E-state index < -0.39 is 0 Å². The van der Waals surface area contributed by atoms with Crippen LogP contribution in [0.15, 0.2) is 244 Å². The average molecular weight is 1040 g/mol. The van der Waals surface area contributed by atoms with Crippen LogP contribution in [0.1, 0.15) is 47.9 Å². The molecule has 0 aliphatic heterocycles. The SMILES string of the molecule is c1ccc(-c2c(N(c3ccc4cc5c(cc4c3)oc3cc4cc(N(c6ccc7c(c6-c6ccccc6)CCCC7)c6cccc7c6oc6ccccc67)ccc4cc35)c3cccc4c3oc3ccccc34)ccc3c2CCCC3)cc1. The molecule has 0 fully saturated rings. The van der Waals surface area contributed by atoms with Gasteiger partial charge in [0, 0.05) is 54.8 Å². The first kappa shape index (κ1) is 46.1. The molecule has 0 radical (unpaired) electrons. The van der Waals surface area contributed by atoms with E-state index in [1.165, 1.54) is 70.2 Å². The van der Waals surface area contributed by atoms with E-state index in [0.29, 0.717) is 0 Å². The number of hydrogen-bond acceptors (Lipinski definition) is 5. The van der Waals surface area contributed by atoms with Crippen molar-refractivity contribution in [2.24, 2.45) is 0 Å². The maximum Gasteiger partial charge on any atom is 0.159 e. The number of furan rings is 3. The van der Waals surface area contributed by atoms with Crippen molar-refractivity contribution in [2.45, 2.75) is 51.4 Å². The second-order valence-electron chi connectivity index (χ2n) is 22.4. The predicted octanol–water partition coefficient (Wildman–Crippen LogP) is 21.7. The van der Waals surface area contributed by atoms with Gasteiger partial charge in [0.15, 0.2) is 11.2 Å². The van der Waals surface area contributed by atoms with Gasteiger partial charge in [-0.2, -0.15) is 0 Å². The molecule has 0 atom stereocenters. The fourth-order valence-corrected chi connectivity index (χ4v) is 14.0. The van der Waals surface area contributed by atoms with Gasteiger partial charge in [0.1, 0.15) is 22.3 Å². The van der Waals surface area contributed by atoms with Gasteiger partial charge in [-0.1, -0.05) is 146 Å². The molecule has 0 N–H and O–H groups in total. The minimum atomic E-state index is 0.856. The second-order valence-corrected chi connectivity index (χ2v) is 22.4.